The van der Waals surface area contributed by atoms with Gasteiger partial charge in [0.15, 0.2) is 5.96 Å². The zero-order chi connectivity index (χ0) is 18.9. The highest BCUT2D eigenvalue weighted by molar-refractivity contribution is 14.0. The maximum Gasteiger partial charge on any atom is 0.409 e. The predicted octanol–water partition coefficient (Wildman–Crippen LogP) is 2.86. The number of piperazine rings is 1. The molecule has 1 amide bonds. The Morgan fingerprint density at radius 3 is 2.48 bits per heavy atom. The third kappa shape index (κ3) is 6.91. The maximum atomic E-state index is 11.8. The molecule has 0 aromatic heterocycles. The number of ether oxygens (including phenoxy) is 2. The van der Waals surface area contributed by atoms with Gasteiger partial charge in [-0.05, 0) is 31.0 Å². The first-order valence-corrected chi connectivity index (χ1v) is 9.16. The Bertz CT molecular complexity index is 637. The van der Waals surface area contributed by atoms with Gasteiger partial charge in [0.05, 0.1) is 13.7 Å². The molecule has 0 atom stereocenters. The lowest BCUT2D eigenvalue weighted by Crippen LogP contribution is -2.54. The molecule has 1 aromatic rings. The number of halogens is 2. The van der Waals surface area contributed by atoms with E-state index in [1.165, 1.54) is 0 Å². The lowest BCUT2D eigenvalue weighted by atomic mass is 10.1. The number of methoxy groups -OCH3 is 1. The largest absolute Gasteiger partial charge is 0.497 e. The summed E-state index contributed by atoms with van der Waals surface area (Å²) in [6.07, 6.45) is 0.536. The van der Waals surface area contributed by atoms with Crippen molar-refractivity contribution in [1.82, 2.24) is 15.1 Å². The van der Waals surface area contributed by atoms with E-state index in [1.807, 2.05) is 25.1 Å². The number of carbonyl (C=O) groups excluding carboxylic acids is 1. The first-order chi connectivity index (χ1) is 12.6. The number of rotatable bonds is 5. The Morgan fingerprint density at radius 2 is 1.93 bits per heavy atom. The molecule has 152 valence electrons. The number of amides is 1. The molecular weight excluding hydrogens is 483 g/mol. The Morgan fingerprint density at radius 1 is 1.26 bits per heavy atom. The van der Waals surface area contributed by atoms with Crippen LogP contribution in [0.3, 0.4) is 0 Å². The molecule has 1 N–H and O–H groups in total. The number of hydrogen-bond acceptors (Lipinski definition) is 4. The first kappa shape index (κ1) is 23.6. The molecule has 0 unspecified atom stereocenters. The Kier molecular flexibility index (Phi) is 10.6. The van der Waals surface area contributed by atoms with Gasteiger partial charge >= 0.3 is 6.09 Å². The molecular formula is C18H28ClIN4O3. The van der Waals surface area contributed by atoms with Crippen molar-refractivity contribution in [3.05, 3.63) is 28.8 Å². The number of hydrogen-bond donors (Lipinski definition) is 1. The number of carbonyl (C=O) groups is 1. The third-order valence-electron chi connectivity index (χ3n) is 4.25. The molecule has 9 heteroatoms. The minimum absolute atomic E-state index is 0. The van der Waals surface area contributed by atoms with E-state index in [1.54, 1.807) is 19.1 Å². The van der Waals surface area contributed by atoms with Crippen LogP contribution in [0.1, 0.15) is 12.5 Å². The van der Waals surface area contributed by atoms with Gasteiger partial charge in [-0.3, -0.25) is 4.99 Å². The summed E-state index contributed by atoms with van der Waals surface area (Å²) in [5.41, 5.74) is 1.06. The van der Waals surface area contributed by atoms with Crippen LogP contribution in [0.25, 0.3) is 0 Å². The molecule has 0 saturated carbocycles. The fraction of sp³-hybridized carbons (Fsp3) is 0.556. The summed E-state index contributed by atoms with van der Waals surface area (Å²) >= 11 is 6.28. The second kappa shape index (κ2) is 12.1. The number of benzene rings is 1. The molecule has 2 rings (SSSR count). The van der Waals surface area contributed by atoms with Gasteiger partial charge in [0.25, 0.3) is 0 Å². The lowest BCUT2D eigenvalue weighted by Gasteiger charge is -2.35. The van der Waals surface area contributed by atoms with Crippen LogP contribution in [0.2, 0.25) is 5.02 Å². The average molecular weight is 511 g/mol. The second-order valence-electron chi connectivity index (χ2n) is 5.85. The second-order valence-corrected chi connectivity index (χ2v) is 6.26. The molecule has 1 saturated heterocycles. The smallest absolute Gasteiger partial charge is 0.409 e. The molecule has 0 bridgehead atoms. The maximum absolute atomic E-state index is 11.8. The molecule has 27 heavy (non-hydrogen) atoms. The van der Waals surface area contributed by atoms with Crippen LogP contribution in [-0.4, -0.2) is 75.3 Å². The molecule has 1 aliphatic heterocycles. The summed E-state index contributed by atoms with van der Waals surface area (Å²) in [4.78, 5) is 20.0. The molecule has 1 aliphatic rings. The topological polar surface area (TPSA) is 66.4 Å². The highest BCUT2D eigenvalue weighted by Gasteiger charge is 2.23. The van der Waals surface area contributed by atoms with Gasteiger partial charge < -0.3 is 24.6 Å². The van der Waals surface area contributed by atoms with Crippen LogP contribution in [0.5, 0.6) is 5.75 Å². The van der Waals surface area contributed by atoms with Crippen LogP contribution in [0.4, 0.5) is 4.79 Å². The summed E-state index contributed by atoms with van der Waals surface area (Å²) in [6.45, 7) is 5.64. The zero-order valence-electron chi connectivity index (χ0n) is 16.0. The summed E-state index contributed by atoms with van der Waals surface area (Å²) in [5, 5.41) is 4.06. The minimum Gasteiger partial charge on any atom is -0.497 e. The van der Waals surface area contributed by atoms with Crippen molar-refractivity contribution >= 4 is 47.6 Å². The first-order valence-electron chi connectivity index (χ1n) is 8.78. The average Bonchev–Trinajstić information content (AvgIpc) is 2.66. The van der Waals surface area contributed by atoms with Crippen LogP contribution in [-0.2, 0) is 11.2 Å². The Hall–Kier alpha value is -1.42. The highest BCUT2D eigenvalue weighted by atomic mass is 127. The summed E-state index contributed by atoms with van der Waals surface area (Å²) < 4.78 is 10.2. The molecule has 1 fully saturated rings. The lowest BCUT2D eigenvalue weighted by molar-refractivity contribution is 0.0915. The van der Waals surface area contributed by atoms with Crippen LogP contribution < -0.4 is 10.1 Å². The third-order valence-corrected chi connectivity index (χ3v) is 4.61. The van der Waals surface area contributed by atoms with Gasteiger partial charge in [-0.1, -0.05) is 17.7 Å². The summed E-state index contributed by atoms with van der Waals surface area (Å²) in [7, 11) is 3.39. The van der Waals surface area contributed by atoms with Crippen molar-refractivity contribution in [3.8, 4) is 5.75 Å². The standard InChI is InChI=1S/C18H27ClN4O3.HI/c1-4-26-18(24)23-11-9-22(10-12-23)17(20-2)21-8-7-14-5-6-15(25-3)13-16(14)19;/h5-6,13H,4,7-12H2,1-3H3,(H,20,21);1H. The van der Waals surface area contributed by atoms with Crippen molar-refractivity contribution in [2.45, 2.75) is 13.3 Å². The fourth-order valence-corrected chi connectivity index (χ4v) is 3.08. The summed E-state index contributed by atoms with van der Waals surface area (Å²) in [5.74, 6) is 1.58. The molecule has 1 heterocycles. The van der Waals surface area contributed by atoms with E-state index in [0.717, 1.165) is 43.3 Å². The van der Waals surface area contributed by atoms with E-state index in [9.17, 15) is 4.79 Å². The van der Waals surface area contributed by atoms with Crippen LogP contribution >= 0.6 is 35.6 Å². The number of nitrogens with zero attached hydrogens (tertiary/aromatic N) is 3. The van der Waals surface area contributed by atoms with Gasteiger partial charge in [0.1, 0.15) is 5.75 Å². The molecule has 0 spiro atoms. The van der Waals surface area contributed by atoms with E-state index in [2.05, 4.69) is 15.2 Å². The van der Waals surface area contributed by atoms with Crippen molar-refractivity contribution in [3.63, 3.8) is 0 Å². The SMILES string of the molecule is CCOC(=O)N1CCN(C(=NC)NCCc2ccc(OC)cc2Cl)CC1.I. The fourth-order valence-electron chi connectivity index (χ4n) is 2.81. The van der Waals surface area contributed by atoms with Gasteiger partial charge in [0, 0.05) is 44.8 Å². The molecule has 0 aliphatic carbocycles. The summed E-state index contributed by atoms with van der Waals surface area (Å²) in [6, 6.07) is 5.70. The van der Waals surface area contributed by atoms with E-state index in [0.29, 0.717) is 24.7 Å². The van der Waals surface area contributed by atoms with E-state index in [4.69, 9.17) is 21.1 Å². The number of guanidine groups is 1. The minimum atomic E-state index is -0.246. The van der Waals surface area contributed by atoms with Crippen molar-refractivity contribution < 1.29 is 14.3 Å². The van der Waals surface area contributed by atoms with Crippen molar-refractivity contribution in [2.75, 3.05) is 53.5 Å². The number of nitrogens with one attached hydrogen (secondary N) is 1. The monoisotopic (exact) mass is 510 g/mol. The Labute approximate surface area is 183 Å². The molecule has 7 nitrogen and oxygen atoms in total. The number of aliphatic imine (C=N–C) groups is 1. The normalized spacial score (nSPS) is 14.4. The van der Waals surface area contributed by atoms with Crippen LogP contribution in [0, 0.1) is 0 Å². The van der Waals surface area contributed by atoms with E-state index < -0.39 is 0 Å². The van der Waals surface area contributed by atoms with Gasteiger partial charge in [-0.15, -0.1) is 24.0 Å². The van der Waals surface area contributed by atoms with Crippen LogP contribution in [0.15, 0.2) is 23.2 Å². The van der Waals surface area contributed by atoms with Gasteiger partial charge in [-0.25, -0.2) is 4.79 Å². The molecule has 1 aromatic carbocycles. The van der Waals surface area contributed by atoms with Gasteiger partial charge in [0.2, 0.25) is 0 Å². The molecule has 0 radical (unpaired) electrons. The van der Waals surface area contributed by atoms with Crippen molar-refractivity contribution in [1.29, 1.82) is 0 Å². The van der Waals surface area contributed by atoms with E-state index in [-0.39, 0.29) is 30.1 Å². The van der Waals surface area contributed by atoms with E-state index >= 15 is 0 Å². The Balaban J connectivity index is 0.00000364. The van der Waals surface area contributed by atoms with Gasteiger partial charge in [-0.2, -0.15) is 0 Å². The van der Waals surface area contributed by atoms with Crippen molar-refractivity contribution in [2.24, 2.45) is 4.99 Å². The quantitative estimate of drug-likeness (QED) is 0.375. The highest BCUT2D eigenvalue weighted by Crippen LogP contribution is 2.22. The zero-order valence-corrected chi connectivity index (χ0v) is 19.1. The predicted molar refractivity (Wildman–Crippen MR) is 119 cm³/mol.